The molecule has 0 unspecified atom stereocenters. The Hall–Kier alpha value is -1.35. The molecule has 1 N–H and O–H groups in total. The van der Waals surface area contributed by atoms with Gasteiger partial charge in [0.25, 0.3) is 0 Å². The van der Waals surface area contributed by atoms with Crippen molar-refractivity contribution in [2.45, 2.75) is 22.6 Å². The van der Waals surface area contributed by atoms with Crippen LogP contribution < -0.4 is 5.32 Å². The summed E-state index contributed by atoms with van der Waals surface area (Å²) in [5.74, 6) is -0.249. The summed E-state index contributed by atoms with van der Waals surface area (Å²) in [6, 6.07) is 14.5. The SMILES string of the molecule is CSc1ccccc1S(=O)(=O)N1CCC(C(=O)Nc2cccc(Br)c2)CC1. The lowest BCUT2D eigenvalue weighted by Gasteiger charge is -2.31. The maximum atomic E-state index is 13.0. The summed E-state index contributed by atoms with van der Waals surface area (Å²) >= 11 is 4.81. The Kier molecular flexibility index (Phi) is 6.62. The summed E-state index contributed by atoms with van der Waals surface area (Å²) in [5, 5.41) is 2.92. The first-order valence-electron chi connectivity index (χ1n) is 8.61. The lowest BCUT2D eigenvalue weighted by Crippen LogP contribution is -2.41. The molecule has 0 bridgehead atoms. The minimum Gasteiger partial charge on any atom is -0.326 e. The van der Waals surface area contributed by atoms with Crippen LogP contribution in [0.5, 0.6) is 0 Å². The van der Waals surface area contributed by atoms with E-state index in [2.05, 4.69) is 21.2 Å². The number of rotatable bonds is 5. The quantitative estimate of drug-likeness (QED) is 0.667. The second-order valence-corrected chi connectivity index (χ2v) is 10.00. The van der Waals surface area contributed by atoms with Gasteiger partial charge in [0.15, 0.2) is 0 Å². The molecule has 0 saturated carbocycles. The Balaban J connectivity index is 1.65. The normalized spacial score (nSPS) is 16.2. The Bertz CT molecular complexity index is 926. The maximum absolute atomic E-state index is 13.0. The third kappa shape index (κ3) is 4.74. The summed E-state index contributed by atoms with van der Waals surface area (Å²) in [6.07, 6.45) is 2.90. The van der Waals surface area contributed by atoms with Crippen molar-refractivity contribution in [3.05, 3.63) is 53.0 Å². The van der Waals surface area contributed by atoms with Crippen molar-refractivity contribution < 1.29 is 13.2 Å². The van der Waals surface area contributed by atoms with Crippen LogP contribution in [0.15, 0.2) is 62.8 Å². The van der Waals surface area contributed by atoms with Crippen LogP contribution in [0.1, 0.15) is 12.8 Å². The number of hydrogen-bond donors (Lipinski definition) is 1. The standard InChI is InChI=1S/C19H21BrN2O3S2/c1-26-17-7-2-3-8-18(17)27(24,25)22-11-9-14(10-12-22)19(23)21-16-6-4-5-15(20)13-16/h2-8,13-14H,9-12H2,1H3,(H,21,23). The predicted molar refractivity (Wildman–Crippen MR) is 112 cm³/mol. The van der Waals surface area contributed by atoms with Crippen LogP contribution in [-0.4, -0.2) is 38.0 Å². The fourth-order valence-corrected chi connectivity index (χ4v) is 6.13. The molecule has 1 fully saturated rings. The fourth-order valence-electron chi connectivity index (χ4n) is 3.14. The van der Waals surface area contributed by atoms with Crippen molar-refractivity contribution in [2.75, 3.05) is 24.7 Å². The highest BCUT2D eigenvalue weighted by atomic mass is 79.9. The molecule has 1 amide bonds. The molecule has 0 aliphatic carbocycles. The molecular formula is C19H21BrN2O3S2. The first-order chi connectivity index (χ1) is 12.9. The van der Waals surface area contributed by atoms with E-state index in [-0.39, 0.29) is 11.8 Å². The lowest BCUT2D eigenvalue weighted by molar-refractivity contribution is -0.120. The van der Waals surface area contributed by atoms with E-state index >= 15 is 0 Å². The number of sulfonamides is 1. The number of amides is 1. The molecular weight excluding hydrogens is 448 g/mol. The number of halogens is 1. The number of benzene rings is 2. The average molecular weight is 469 g/mol. The summed E-state index contributed by atoms with van der Waals surface area (Å²) in [7, 11) is -3.54. The second kappa shape index (κ2) is 8.77. The molecule has 1 saturated heterocycles. The first-order valence-corrected chi connectivity index (χ1v) is 12.1. The number of nitrogens with one attached hydrogen (secondary N) is 1. The molecule has 8 heteroatoms. The van der Waals surface area contributed by atoms with Crippen molar-refractivity contribution >= 4 is 49.3 Å². The summed E-state index contributed by atoms with van der Waals surface area (Å²) in [4.78, 5) is 13.6. The molecule has 0 atom stereocenters. The molecule has 5 nitrogen and oxygen atoms in total. The van der Waals surface area contributed by atoms with Crippen molar-refractivity contribution in [3.63, 3.8) is 0 Å². The van der Waals surface area contributed by atoms with Crippen molar-refractivity contribution in [2.24, 2.45) is 5.92 Å². The lowest BCUT2D eigenvalue weighted by atomic mass is 9.97. The van der Waals surface area contributed by atoms with E-state index in [0.29, 0.717) is 30.8 Å². The minimum absolute atomic E-state index is 0.0605. The number of carbonyl (C=O) groups excluding carboxylic acids is 1. The molecule has 0 radical (unpaired) electrons. The molecule has 2 aromatic carbocycles. The number of hydrogen-bond acceptors (Lipinski definition) is 4. The van der Waals surface area contributed by atoms with Crippen molar-refractivity contribution in [1.82, 2.24) is 4.31 Å². The Morgan fingerprint density at radius 2 is 1.85 bits per heavy atom. The number of carbonyl (C=O) groups is 1. The van der Waals surface area contributed by atoms with Gasteiger partial charge in [0, 0.05) is 34.1 Å². The van der Waals surface area contributed by atoms with Gasteiger partial charge in [0.1, 0.15) is 0 Å². The summed E-state index contributed by atoms with van der Waals surface area (Å²) in [6.45, 7) is 0.698. The zero-order chi connectivity index (χ0) is 19.4. The van der Waals surface area contributed by atoms with Crippen LogP contribution in [0.4, 0.5) is 5.69 Å². The number of nitrogens with zero attached hydrogens (tertiary/aromatic N) is 1. The minimum atomic E-state index is -3.54. The van der Waals surface area contributed by atoms with Crippen LogP contribution in [-0.2, 0) is 14.8 Å². The Morgan fingerprint density at radius 3 is 2.52 bits per heavy atom. The molecule has 2 aromatic rings. The predicted octanol–water partition coefficient (Wildman–Crippen LogP) is 4.21. The molecule has 3 rings (SSSR count). The molecule has 144 valence electrons. The Labute approximate surface area is 172 Å². The third-order valence-corrected chi connectivity index (χ3v) is 7.98. The van der Waals surface area contributed by atoms with E-state index in [1.165, 1.54) is 16.1 Å². The van der Waals surface area contributed by atoms with E-state index in [4.69, 9.17) is 0 Å². The Morgan fingerprint density at radius 1 is 1.15 bits per heavy atom. The van der Waals surface area contributed by atoms with Crippen LogP contribution >= 0.6 is 27.7 Å². The maximum Gasteiger partial charge on any atom is 0.244 e. The molecule has 1 aliphatic heterocycles. The number of piperidine rings is 1. The van der Waals surface area contributed by atoms with Gasteiger partial charge in [0.2, 0.25) is 15.9 Å². The smallest absolute Gasteiger partial charge is 0.244 e. The number of thioether (sulfide) groups is 1. The zero-order valence-corrected chi connectivity index (χ0v) is 18.1. The second-order valence-electron chi connectivity index (χ2n) is 6.33. The van der Waals surface area contributed by atoms with Gasteiger partial charge in [-0.25, -0.2) is 8.42 Å². The number of anilines is 1. The van der Waals surface area contributed by atoms with Gasteiger partial charge in [-0.2, -0.15) is 4.31 Å². The van der Waals surface area contributed by atoms with Crippen molar-refractivity contribution in [3.8, 4) is 0 Å². The molecule has 1 aliphatic rings. The van der Waals surface area contributed by atoms with E-state index in [1.54, 1.807) is 12.1 Å². The van der Waals surface area contributed by atoms with Crippen LogP contribution in [0.3, 0.4) is 0 Å². The van der Waals surface area contributed by atoms with Crippen LogP contribution in [0, 0.1) is 5.92 Å². The van der Waals surface area contributed by atoms with Gasteiger partial charge in [-0.05, 0) is 49.4 Å². The monoisotopic (exact) mass is 468 g/mol. The van der Waals surface area contributed by atoms with Gasteiger partial charge >= 0.3 is 0 Å². The zero-order valence-electron chi connectivity index (χ0n) is 14.9. The van der Waals surface area contributed by atoms with E-state index < -0.39 is 10.0 Å². The van der Waals surface area contributed by atoms with Crippen LogP contribution in [0.25, 0.3) is 0 Å². The highest BCUT2D eigenvalue weighted by Crippen LogP contribution is 2.30. The van der Waals surface area contributed by atoms with Crippen LogP contribution in [0.2, 0.25) is 0 Å². The van der Waals surface area contributed by atoms with Gasteiger partial charge in [-0.15, -0.1) is 11.8 Å². The molecule has 1 heterocycles. The summed E-state index contributed by atoms with van der Waals surface area (Å²) < 4.78 is 28.3. The largest absolute Gasteiger partial charge is 0.326 e. The third-order valence-electron chi connectivity index (χ3n) is 4.60. The highest BCUT2D eigenvalue weighted by molar-refractivity contribution is 9.10. The average Bonchev–Trinajstić information content (AvgIpc) is 2.68. The van der Waals surface area contributed by atoms with E-state index in [0.717, 1.165) is 15.1 Å². The van der Waals surface area contributed by atoms with Gasteiger partial charge in [-0.3, -0.25) is 4.79 Å². The molecule has 0 aromatic heterocycles. The highest BCUT2D eigenvalue weighted by Gasteiger charge is 2.33. The molecule has 0 spiro atoms. The first kappa shape index (κ1) is 20.4. The fraction of sp³-hybridized carbons (Fsp3) is 0.316. The van der Waals surface area contributed by atoms with Crippen molar-refractivity contribution in [1.29, 1.82) is 0 Å². The van der Waals surface area contributed by atoms with E-state index in [1.807, 2.05) is 42.7 Å². The van der Waals surface area contributed by atoms with E-state index in [9.17, 15) is 13.2 Å². The topological polar surface area (TPSA) is 66.5 Å². The van der Waals surface area contributed by atoms with Gasteiger partial charge in [-0.1, -0.05) is 34.1 Å². The van der Waals surface area contributed by atoms with Gasteiger partial charge in [0.05, 0.1) is 4.90 Å². The molecule has 27 heavy (non-hydrogen) atoms. The van der Waals surface area contributed by atoms with Gasteiger partial charge < -0.3 is 5.32 Å². The summed E-state index contributed by atoms with van der Waals surface area (Å²) in [5.41, 5.74) is 0.735.